The van der Waals surface area contributed by atoms with Crippen LogP contribution in [0.15, 0.2) is 42.5 Å². The van der Waals surface area contributed by atoms with Crippen molar-refractivity contribution >= 4 is 52.2 Å². The van der Waals surface area contributed by atoms with Crippen molar-refractivity contribution in [2.75, 3.05) is 20.3 Å². The molecule has 1 aliphatic heterocycles. The van der Waals surface area contributed by atoms with Gasteiger partial charge in [-0.15, -0.1) is 0 Å². The first-order valence-corrected chi connectivity index (χ1v) is 15.0. The monoisotopic (exact) mass is 650 g/mol. The van der Waals surface area contributed by atoms with Crippen molar-refractivity contribution in [3.63, 3.8) is 0 Å². The molecule has 3 heterocycles. The van der Waals surface area contributed by atoms with Crippen LogP contribution in [0.3, 0.4) is 0 Å². The summed E-state index contributed by atoms with van der Waals surface area (Å²) < 4.78 is 25.6. The van der Waals surface area contributed by atoms with Crippen molar-refractivity contribution in [2.45, 2.75) is 37.5 Å². The number of pyridine rings is 2. The van der Waals surface area contributed by atoms with Gasteiger partial charge in [0, 0.05) is 28.6 Å². The van der Waals surface area contributed by atoms with E-state index in [0.29, 0.717) is 49.9 Å². The van der Waals surface area contributed by atoms with E-state index in [1.54, 1.807) is 38.1 Å². The van der Waals surface area contributed by atoms with Gasteiger partial charge in [0.1, 0.15) is 46.8 Å². The third-order valence-electron chi connectivity index (χ3n) is 8.84. The summed E-state index contributed by atoms with van der Waals surface area (Å²) in [7, 11) is 1.49. The van der Waals surface area contributed by atoms with Gasteiger partial charge < -0.3 is 25.3 Å². The first kappa shape index (κ1) is 30.7. The molecule has 1 fully saturated rings. The predicted molar refractivity (Wildman–Crippen MR) is 168 cm³/mol. The van der Waals surface area contributed by atoms with Crippen LogP contribution in [0, 0.1) is 18.7 Å². The number of nitrogens with one attached hydrogen (secondary N) is 1. The molecule has 1 aliphatic carbocycles. The van der Waals surface area contributed by atoms with Crippen molar-refractivity contribution in [1.82, 2.24) is 15.3 Å². The number of methoxy groups -OCH3 is 1. The lowest BCUT2D eigenvalue weighted by Gasteiger charge is -2.30. The molecule has 4 aromatic rings. The van der Waals surface area contributed by atoms with Crippen LogP contribution in [0.2, 0.25) is 10.0 Å². The van der Waals surface area contributed by atoms with E-state index in [9.17, 15) is 18.8 Å². The number of carbonyl (C=O) groups is 3. The Hall–Kier alpha value is -4.28. The van der Waals surface area contributed by atoms with Crippen molar-refractivity contribution in [1.29, 1.82) is 0 Å². The lowest BCUT2D eigenvalue weighted by molar-refractivity contribution is -0.123. The molecule has 0 radical (unpaired) electrons. The molecule has 2 atom stereocenters. The van der Waals surface area contributed by atoms with Crippen LogP contribution in [0.5, 0.6) is 11.5 Å². The number of primary amides is 1. The molecule has 0 bridgehead atoms. The fourth-order valence-corrected chi connectivity index (χ4v) is 6.18. The summed E-state index contributed by atoms with van der Waals surface area (Å²) in [6, 6.07) is 10.7. The number of rotatable bonds is 9. The number of hydrogen-bond donors (Lipinski definition) is 2. The number of nitrogens with zero attached hydrogens (tertiary/aromatic N) is 2. The van der Waals surface area contributed by atoms with E-state index in [0.717, 1.165) is 19.1 Å². The summed E-state index contributed by atoms with van der Waals surface area (Å²) >= 11 is 12.4. The first-order valence-electron chi connectivity index (χ1n) is 14.3. The zero-order valence-corrected chi connectivity index (χ0v) is 26.2. The van der Waals surface area contributed by atoms with Crippen molar-refractivity contribution in [3.05, 3.63) is 80.8 Å². The van der Waals surface area contributed by atoms with Crippen LogP contribution in [0.25, 0.3) is 22.2 Å². The zero-order valence-electron chi connectivity index (χ0n) is 24.7. The van der Waals surface area contributed by atoms with E-state index >= 15 is 0 Å². The summed E-state index contributed by atoms with van der Waals surface area (Å²) in [6.07, 6.45) is 2.25. The molecule has 232 valence electrons. The Morgan fingerprint density at radius 3 is 2.58 bits per heavy atom. The molecule has 2 amide bonds. The SMILES string of the molecule is COc1cc(C(=O)NC[C@](C=O)(c2cc3c(c(-c4ccc(F)c(Cl)c4)n2)OC[C@]3(C)C(N)=O)C2CC2)cc2cc(Cl)c(C)nc12. The van der Waals surface area contributed by atoms with E-state index in [2.05, 4.69) is 10.3 Å². The van der Waals surface area contributed by atoms with Gasteiger partial charge in [-0.25, -0.2) is 14.4 Å². The second-order valence-electron chi connectivity index (χ2n) is 11.8. The van der Waals surface area contributed by atoms with Gasteiger partial charge in [-0.1, -0.05) is 23.2 Å². The summed E-state index contributed by atoms with van der Waals surface area (Å²) in [5.74, 6) is -1.12. The Morgan fingerprint density at radius 1 is 1.18 bits per heavy atom. The number of aromatic nitrogens is 2. The van der Waals surface area contributed by atoms with Crippen LogP contribution < -0.4 is 20.5 Å². The Kier molecular flexibility index (Phi) is 7.69. The molecule has 12 heteroatoms. The lowest BCUT2D eigenvalue weighted by atomic mass is 9.76. The van der Waals surface area contributed by atoms with Crippen LogP contribution in [0.1, 0.15) is 47.1 Å². The standard InChI is InChI=1S/C33H29Cl2FN4O5/c1-16-22(34)10-18-8-19(11-25(44-3)27(18)39-16)30(42)38-13-33(14-41,20-5-6-20)26-12-21-29(45-15-32(21,2)31(37)43)28(40-26)17-4-7-24(36)23(35)9-17/h4,7-12,14,20H,5-6,13,15H2,1-3H3,(H2,37,43)(H,38,42)/t32-,33+/m0/s1. The molecule has 3 N–H and O–H groups in total. The molecule has 0 saturated heterocycles. The molecular weight excluding hydrogens is 622 g/mol. The molecule has 2 aromatic heterocycles. The van der Waals surface area contributed by atoms with Crippen molar-refractivity contribution in [3.8, 4) is 22.8 Å². The van der Waals surface area contributed by atoms with E-state index < -0.39 is 28.5 Å². The lowest BCUT2D eigenvalue weighted by Crippen LogP contribution is -2.45. The summed E-state index contributed by atoms with van der Waals surface area (Å²) in [6.45, 7) is 3.31. The van der Waals surface area contributed by atoms with Crippen LogP contribution in [0.4, 0.5) is 4.39 Å². The topological polar surface area (TPSA) is 134 Å². The summed E-state index contributed by atoms with van der Waals surface area (Å²) in [5, 5.41) is 3.87. The highest BCUT2D eigenvalue weighted by Crippen LogP contribution is 2.50. The molecule has 1 saturated carbocycles. The number of nitrogens with two attached hydrogens (primary N) is 1. The Balaban J connectivity index is 1.43. The maximum Gasteiger partial charge on any atom is 0.251 e. The molecule has 45 heavy (non-hydrogen) atoms. The highest BCUT2D eigenvalue weighted by Gasteiger charge is 2.51. The van der Waals surface area contributed by atoms with Gasteiger partial charge in [0.2, 0.25) is 5.91 Å². The van der Waals surface area contributed by atoms with Gasteiger partial charge in [0.25, 0.3) is 5.91 Å². The molecule has 2 aliphatic rings. The number of benzene rings is 2. The van der Waals surface area contributed by atoms with E-state index in [1.165, 1.54) is 25.3 Å². The maximum atomic E-state index is 14.1. The van der Waals surface area contributed by atoms with Crippen molar-refractivity contribution < 1.29 is 28.2 Å². The van der Waals surface area contributed by atoms with Crippen molar-refractivity contribution in [2.24, 2.45) is 11.7 Å². The summed E-state index contributed by atoms with van der Waals surface area (Å²) in [5.41, 5.74) is 6.32. The number of aryl methyl sites for hydroxylation is 1. The molecule has 9 nitrogen and oxygen atoms in total. The molecule has 0 spiro atoms. The van der Waals surface area contributed by atoms with E-state index in [4.69, 9.17) is 43.4 Å². The molecular formula is C33H29Cl2FN4O5. The first-order chi connectivity index (χ1) is 21.4. The largest absolute Gasteiger partial charge is 0.494 e. The quantitative estimate of drug-likeness (QED) is 0.229. The third kappa shape index (κ3) is 5.15. The van der Waals surface area contributed by atoms with Gasteiger partial charge in [0.15, 0.2) is 0 Å². The number of halogens is 3. The van der Waals surface area contributed by atoms with Gasteiger partial charge in [-0.3, -0.25) is 9.59 Å². The van der Waals surface area contributed by atoms with Gasteiger partial charge in [0.05, 0.1) is 34.0 Å². The third-order valence-corrected chi connectivity index (χ3v) is 9.51. The highest BCUT2D eigenvalue weighted by molar-refractivity contribution is 6.32. The Bertz CT molecular complexity index is 1920. The Morgan fingerprint density at radius 2 is 1.93 bits per heavy atom. The fourth-order valence-electron chi connectivity index (χ4n) is 5.84. The van der Waals surface area contributed by atoms with Gasteiger partial charge >= 0.3 is 0 Å². The highest BCUT2D eigenvalue weighted by atomic mass is 35.5. The zero-order chi connectivity index (χ0) is 32.3. The summed E-state index contributed by atoms with van der Waals surface area (Å²) in [4.78, 5) is 48.7. The number of aldehydes is 1. The number of ether oxygens (including phenoxy) is 2. The fraction of sp³-hybridized carbons (Fsp3) is 0.303. The number of amides is 2. The minimum atomic E-state index is -1.26. The van der Waals surface area contributed by atoms with Crippen LogP contribution >= 0.6 is 23.2 Å². The smallest absolute Gasteiger partial charge is 0.251 e. The minimum Gasteiger partial charge on any atom is -0.494 e. The van der Waals surface area contributed by atoms with Crippen LogP contribution in [-0.4, -0.2) is 48.3 Å². The maximum absolute atomic E-state index is 14.1. The normalized spacial score (nSPS) is 18.5. The van der Waals surface area contributed by atoms with E-state index in [1.807, 2.05) is 0 Å². The Labute approximate surface area is 268 Å². The number of fused-ring (bicyclic) bond motifs is 2. The van der Waals surface area contributed by atoms with Gasteiger partial charge in [-0.2, -0.15) is 0 Å². The predicted octanol–water partition coefficient (Wildman–Crippen LogP) is 5.47. The average molecular weight is 652 g/mol. The minimum absolute atomic E-state index is 0.0405. The second kappa shape index (κ2) is 11.3. The van der Waals surface area contributed by atoms with Gasteiger partial charge in [-0.05, 0) is 75.1 Å². The number of carbonyl (C=O) groups excluding carboxylic acids is 3. The molecule has 2 aromatic carbocycles. The van der Waals surface area contributed by atoms with Crippen LogP contribution in [-0.2, 0) is 20.4 Å². The average Bonchev–Trinajstić information content (AvgIpc) is 3.82. The number of hydrogen-bond acceptors (Lipinski definition) is 7. The van der Waals surface area contributed by atoms with E-state index in [-0.39, 0.29) is 35.3 Å². The molecule has 6 rings (SSSR count). The second-order valence-corrected chi connectivity index (χ2v) is 12.6. The molecule has 0 unspecified atom stereocenters.